The summed E-state index contributed by atoms with van der Waals surface area (Å²) in [7, 11) is 0. The van der Waals surface area contributed by atoms with Gasteiger partial charge >= 0.3 is 0 Å². The zero-order valence-corrected chi connectivity index (χ0v) is 20.6. The lowest BCUT2D eigenvalue weighted by atomic mass is 9.73. The predicted octanol–water partition coefficient (Wildman–Crippen LogP) is 8.38. The molecular formula is C35H27NO. The van der Waals surface area contributed by atoms with Crippen molar-refractivity contribution < 1.29 is 4.79 Å². The maximum absolute atomic E-state index is 12.5. The third-order valence-electron chi connectivity index (χ3n) is 8.14. The summed E-state index contributed by atoms with van der Waals surface area (Å²) in [5.41, 5.74) is 12.6. The van der Waals surface area contributed by atoms with Crippen LogP contribution in [0.5, 0.6) is 0 Å². The molecule has 0 fully saturated rings. The van der Waals surface area contributed by atoms with Gasteiger partial charge in [0.1, 0.15) is 0 Å². The van der Waals surface area contributed by atoms with Crippen molar-refractivity contribution in [3.63, 3.8) is 0 Å². The van der Waals surface area contributed by atoms with Crippen LogP contribution in [0.4, 0.5) is 0 Å². The summed E-state index contributed by atoms with van der Waals surface area (Å²) in [6.45, 7) is 0. The van der Waals surface area contributed by atoms with Crippen LogP contribution < -0.4 is 5.73 Å². The average Bonchev–Trinajstić information content (AvgIpc) is 2.95. The Balaban J connectivity index is 1.56. The van der Waals surface area contributed by atoms with Gasteiger partial charge in [0.2, 0.25) is 5.91 Å². The predicted molar refractivity (Wildman–Crippen MR) is 154 cm³/mol. The van der Waals surface area contributed by atoms with E-state index >= 15 is 0 Å². The Morgan fingerprint density at radius 2 is 1.32 bits per heavy atom. The fourth-order valence-electron chi connectivity index (χ4n) is 6.53. The van der Waals surface area contributed by atoms with Crippen LogP contribution in [0.15, 0.2) is 109 Å². The van der Waals surface area contributed by atoms with Gasteiger partial charge in [-0.2, -0.15) is 0 Å². The highest BCUT2D eigenvalue weighted by atomic mass is 16.1. The minimum absolute atomic E-state index is 0.231. The second kappa shape index (κ2) is 8.60. The van der Waals surface area contributed by atoms with E-state index in [0.29, 0.717) is 5.56 Å². The van der Waals surface area contributed by atoms with Gasteiger partial charge in [-0.05, 0) is 85.5 Å². The van der Waals surface area contributed by atoms with Gasteiger partial charge in [-0.3, -0.25) is 4.79 Å². The summed E-state index contributed by atoms with van der Waals surface area (Å²) in [6.07, 6.45) is 3.30. The maximum Gasteiger partial charge on any atom is 0.249 e. The van der Waals surface area contributed by atoms with Gasteiger partial charge in [0, 0.05) is 11.5 Å². The highest BCUT2D eigenvalue weighted by molar-refractivity contribution is 6.10. The number of carbonyl (C=O) groups is 1. The second-order valence-corrected chi connectivity index (χ2v) is 10.1. The molecule has 0 spiro atoms. The van der Waals surface area contributed by atoms with Crippen LogP contribution in [0.2, 0.25) is 0 Å². The molecular weight excluding hydrogens is 450 g/mol. The SMILES string of the molecule is NC(=O)c1ccccc1-c1c(C2CCCc3ccc4c(ccc5ccccc54)c32)ccc2ccccc12. The number of aryl methyl sites for hydroxylation is 1. The molecule has 1 aliphatic carbocycles. The number of amides is 1. The van der Waals surface area contributed by atoms with Crippen molar-refractivity contribution in [2.24, 2.45) is 5.73 Å². The molecule has 178 valence electrons. The summed E-state index contributed by atoms with van der Waals surface area (Å²) in [5.74, 6) is -0.162. The molecule has 1 unspecified atom stereocenters. The number of fused-ring (bicyclic) bond motifs is 6. The van der Waals surface area contributed by atoms with Crippen molar-refractivity contribution >= 4 is 38.2 Å². The zero-order valence-electron chi connectivity index (χ0n) is 20.6. The largest absolute Gasteiger partial charge is 0.366 e. The van der Waals surface area contributed by atoms with E-state index in [4.69, 9.17) is 5.73 Å². The van der Waals surface area contributed by atoms with E-state index < -0.39 is 5.91 Å². The quantitative estimate of drug-likeness (QED) is 0.256. The van der Waals surface area contributed by atoms with Crippen molar-refractivity contribution in [3.05, 3.63) is 131 Å². The van der Waals surface area contributed by atoms with Crippen LogP contribution in [0.1, 0.15) is 45.8 Å². The molecule has 0 heterocycles. The fourth-order valence-corrected chi connectivity index (χ4v) is 6.53. The first-order chi connectivity index (χ1) is 18.2. The van der Waals surface area contributed by atoms with Crippen LogP contribution in [-0.2, 0) is 6.42 Å². The number of hydrogen-bond acceptors (Lipinski definition) is 1. The minimum Gasteiger partial charge on any atom is -0.366 e. The third kappa shape index (κ3) is 3.44. The second-order valence-electron chi connectivity index (χ2n) is 10.1. The molecule has 0 saturated carbocycles. The molecule has 2 N–H and O–H groups in total. The van der Waals surface area contributed by atoms with E-state index in [2.05, 4.69) is 84.9 Å². The van der Waals surface area contributed by atoms with Crippen molar-refractivity contribution in [2.45, 2.75) is 25.2 Å². The number of carbonyl (C=O) groups excluding carboxylic acids is 1. The maximum atomic E-state index is 12.5. The van der Waals surface area contributed by atoms with E-state index in [1.165, 1.54) is 43.6 Å². The van der Waals surface area contributed by atoms with E-state index in [9.17, 15) is 4.79 Å². The Morgan fingerprint density at radius 3 is 2.16 bits per heavy atom. The third-order valence-corrected chi connectivity index (χ3v) is 8.14. The summed E-state index contributed by atoms with van der Waals surface area (Å²) >= 11 is 0. The van der Waals surface area contributed by atoms with Crippen molar-refractivity contribution in [1.29, 1.82) is 0 Å². The lowest BCUT2D eigenvalue weighted by molar-refractivity contribution is 0.100. The molecule has 0 bridgehead atoms. The number of benzene rings is 6. The van der Waals surface area contributed by atoms with Crippen LogP contribution in [-0.4, -0.2) is 5.91 Å². The van der Waals surface area contributed by atoms with Crippen LogP contribution >= 0.6 is 0 Å². The van der Waals surface area contributed by atoms with Crippen LogP contribution in [0.25, 0.3) is 43.4 Å². The molecule has 0 saturated heterocycles. The Morgan fingerprint density at radius 1 is 0.649 bits per heavy atom. The summed E-state index contributed by atoms with van der Waals surface area (Å²) < 4.78 is 0. The highest BCUT2D eigenvalue weighted by Gasteiger charge is 2.28. The Kier molecular flexibility index (Phi) is 5.07. The molecule has 6 aromatic carbocycles. The fraction of sp³-hybridized carbons (Fsp3) is 0.114. The van der Waals surface area contributed by atoms with E-state index in [1.54, 1.807) is 0 Å². The van der Waals surface area contributed by atoms with Crippen LogP contribution in [0, 0.1) is 0 Å². The van der Waals surface area contributed by atoms with Gasteiger partial charge in [-0.15, -0.1) is 0 Å². The van der Waals surface area contributed by atoms with Gasteiger partial charge in [0.05, 0.1) is 0 Å². The highest BCUT2D eigenvalue weighted by Crippen LogP contribution is 2.47. The first-order valence-electron chi connectivity index (χ1n) is 13.0. The molecule has 0 radical (unpaired) electrons. The molecule has 0 aliphatic heterocycles. The Hall–Kier alpha value is -4.43. The zero-order chi connectivity index (χ0) is 24.9. The summed E-state index contributed by atoms with van der Waals surface area (Å²) in [6, 6.07) is 38.6. The number of rotatable bonds is 3. The Bertz CT molecular complexity index is 1850. The van der Waals surface area contributed by atoms with E-state index in [-0.39, 0.29) is 5.92 Å². The van der Waals surface area contributed by atoms with Gasteiger partial charge < -0.3 is 5.73 Å². The summed E-state index contributed by atoms with van der Waals surface area (Å²) in [5, 5.41) is 7.54. The molecule has 6 aromatic rings. The number of nitrogens with two attached hydrogens (primary N) is 1. The van der Waals surface area contributed by atoms with Gasteiger partial charge in [0.15, 0.2) is 0 Å². The van der Waals surface area contributed by atoms with Gasteiger partial charge in [-0.1, -0.05) is 103 Å². The smallest absolute Gasteiger partial charge is 0.249 e. The number of hydrogen-bond donors (Lipinski definition) is 1. The normalized spacial score (nSPS) is 15.2. The molecule has 37 heavy (non-hydrogen) atoms. The Labute approximate surface area is 216 Å². The minimum atomic E-state index is -0.393. The molecule has 2 heteroatoms. The molecule has 1 aliphatic rings. The molecule has 1 atom stereocenters. The topological polar surface area (TPSA) is 43.1 Å². The average molecular weight is 478 g/mol. The van der Waals surface area contributed by atoms with Gasteiger partial charge in [-0.25, -0.2) is 0 Å². The lowest BCUT2D eigenvalue weighted by Crippen LogP contribution is -2.15. The standard InChI is InChI=1S/C35H27NO/c36-35(37)32-14-6-5-13-29(32)34-26-12-4-2-9-23(26)17-21-31(34)28-15-7-10-24-18-19-27-25-11-3-1-8-22(25)16-20-30(27)33(24)28/h1-6,8-9,11-14,16-21,28H,7,10,15H2,(H2,36,37). The lowest BCUT2D eigenvalue weighted by Gasteiger charge is -2.30. The van der Waals surface area contributed by atoms with E-state index in [1.807, 2.05) is 24.3 Å². The molecule has 1 amide bonds. The number of primary amides is 1. The van der Waals surface area contributed by atoms with Crippen molar-refractivity contribution in [3.8, 4) is 11.1 Å². The first kappa shape index (κ1) is 21.8. The molecule has 0 aromatic heterocycles. The van der Waals surface area contributed by atoms with E-state index in [0.717, 1.165) is 35.8 Å². The van der Waals surface area contributed by atoms with Gasteiger partial charge in [0.25, 0.3) is 0 Å². The van der Waals surface area contributed by atoms with Crippen molar-refractivity contribution in [2.75, 3.05) is 0 Å². The molecule has 7 rings (SSSR count). The van der Waals surface area contributed by atoms with Crippen LogP contribution in [0.3, 0.4) is 0 Å². The molecule has 2 nitrogen and oxygen atoms in total. The summed E-state index contributed by atoms with van der Waals surface area (Å²) in [4.78, 5) is 12.5. The first-order valence-corrected chi connectivity index (χ1v) is 13.0. The van der Waals surface area contributed by atoms with Crippen molar-refractivity contribution in [1.82, 2.24) is 0 Å². The monoisotopic (exact) mass is 477 g/mol.